The fraction of sp³-hybridized carbons (Fsp3) is 0.769. The third-order valence-corrected chi connectivity index (χ3v) is 4.56. The van der Waals surface area contributed by atoms with E-state index in [9.17, 15) is 0 Å². The molecule has 1 aliphatic rings. The van der Waals surface area contributed by atoms with Crippen molar-refractivity contribution < 1.29 is 0 Å². The molecule has 0 amide bonds. The van der Waals surface area contributed by atoms with E-state index in [1.807, 2.05) is 24.2 Å². The van der Waals surface area contributed by atoms with Crippen molar-refractivity contribution >= 4 is 11.8 Å². The average molecular weight is 253 g/mol. The van der Waals surface area contributed by atoms with Gasteiger partial charge in [-0.15, -0.1) is 0 Å². The van der Waals surface area contributed by atoms with Crippen molar-refractivity contribution in [2.24, 2.45) is 7.05 Å². The van der Waals surface area contributed by atoms with Crippen LogP contribution in [0.1, 0.15) is 39.0 Å². The summed E-state index contributed by atoms with van der Waals surface area (Å²) in [5.74, 6) is 0. The number of aryl methyl sites for hydroxylation is 1. The molecule has 2 rings (SSSR count). The number of imidazole rings is 1. The first-order valence-electron chi connectivity index (χ1n) is 6.63. The third kappa shape index (κ3) is 4.03. The molecule has 1 atom stereocenters. The Kier molecular flexibility index (Phi) is 4.92. The number of nitrogens with zero attached hydrogens (tertiary/aromatic N) is 2. The van der Waals surface area contributed by atoms with Crippen molar-refractivity contribution in [3.05, 3.63) is 12.4 Å². The zero-order valence-electron chi connectivity index (χ0n) is 10.9. The lowest BCUT2D eigenvalue weighted by atomic mass is 9.95. The van der Waals surface area contributed by atoms with Crippen LogP contribution >= 0.6 is 11.8 Å². The summed E-state index contributed by atoms with van der Waals surface area (Å²) in [7, 11) is 2.05. The van der Waals surface area contributed by atoms with Crippen LogP contribution in [0.25, 0.3) is 0 Å². The van der Waals surface area contributed by atoms with E-state index in [0.29, 0.717) is 5.25 Å². The molecule has 1 aromatic rings. The van der Waals surface area contributed by atoms with Crippen molar-refractivity contribution in [1.29, 1.82) is 0 Å². The standard InChI is InChI=1S/C13H23N3S/c1-11(17-13-14-8-9-16(13)2)10-15-12-6-4-3-5-7-12/h8-9,11-12,15H,3-7,10H2,1-2H3. The zero-order chi connectivity index (χ0) is 12.1. The van der Waals surface area contributed by atoms with E-state index < -0.39 is 0 Å². The summed E-state index contributed by atoms with van der Waals surface area (Å²) in [5, 5.41) is 5.39. The summed E-state index contributed by atoms with van der Waals surface area (Å²) in [4.78, 5) is 4.35. The van der Waals surface area contributed by atoms with E-state index in [1.165, 1.54) is 32.1 Å². The first-order valence-corrected chi connectivity index (χ1v) is 7.51. The maximum atomic E-state index is 4.35. The van der Waals surface area contributed by atoms with E-state index in [4.69, 9.17) is 0 Å². The monoisotopic (exact) mass is 253 g/mol. The first kappa shape index (κ1) is 13.0. The Morgan fingerprint density at radius 3 is 2.88 bits per heavy atom. The minimum atomic E-state index is 0.582. The van der Waals surface area contributed by atoms with Crippen LogP contribution in [0.4, 0.5) is 0 Å². The largest absolute Gasteiger partial charge is 0.329 e. The van der Waals surface area contributed by atoms with Gasteiger partial charge >= 0.3 is 0 Å². The number of hydrogen-bond donors (Lipinski definition) is 1. The Labute approximate surface area is 108 Å². The minimum absolute atomic E-state index is 0.582. The van der Waals surface area contributed by atoms with E-state index >= 15 is 0 Å². The lowest BCUT2D eigenvalue weighted by Gasteiger charge is -2.24. The van der Waals surface area contributed by atoms with Gasteiger partial charge in [0.15, 0.2) is 5.16 Å². The second-order valence-corrected chi connectivity index (χ2v) is 6.40. The van der Waals surface area contributed by atoms with Gasteiger partial charge in [0.2, 0.25) is 0 Å². The summed E-state index contributed by atoms with van der Waals surface area (Å²) in [6.07, 6.45) is 10.8. The Morgan fingerprint density at radius 1 is 1.47 bits per heavy atom. The van der Waals surface area contributed by atoms with Crippen LogP contribution in [0.5, 0.6) is 0 Å². The molecule has 0 aliphatic heterocycles. The number of hydrogen-bond acceptors (Lipinski definition) is 3. The molecule has 1 saturated carbocycles. The Bertz CT molecular complexity index is 331. The molecule has 1 N–H and O–H groups in total. The molecule has 1 fully saturated rings. The summed E-state index contributed by atoms with van der Waals surface area (Å²) in [6, 6.07) is 0.758. The van der Waals surface area contributed by atoms with Crippen molar-refractivity contribution in [1.82, 2.24) is 14.9 Å². The lowest BCUT2D eigenvalue weighted by Crippen LogP contribution is -2.35. The fourth-order valence-electron chi connectivity index (χ4n) is 2.33. The molecular weight excluding hydrogens is 230 g/mol. The predicted molar refractivity (Wildman–Crippen MR) is 73.4 cm³/mol. The number of nitrogens with one attached hydrogen (secondary N) is 1. The quantitative estimate of drug-likeness (QED) is 0.818. The van der Waals surface area contributed by atoms with E-state index in [1.54, 1.807) is 0 Å². The van der Waals surface area contributed by atoms with Crippen LogP contribution in [-0.4, -0.2) is 27.4 Å². The molecule has 96 valence electrons. The maximum absolute atomic E-state index is 4.35. The highest BCUT2D eigenvalue weighted by atomic mass is 32.2. The van der Waals surface area contributed by atoms with Crippen LogP contribution < -0.4 is 5.32 Å². The van der Waals surface area contributed by atoms with Gasteiger partial charge in [-0.2, -0.15) is 0 Å². The Balaban J connectivity index is 1.70. The van der Waals surface area contributed by atoms with Gasteiger partial charge in [-0.1, -0.05) is 37.9 Å². The molecule has 0 spiro atoms. The third-order valence-electron chi connectivity index (χ3n) is 3.38. The van der Waals surface area contributed by atoms with Crippen molar-refractivity contribution in [3.8, 4) is 0 Å². The molecule has 1 aliphatic carbocycles. The van der Waals surface area contributed by atoms with Crippen LogP contribution in [0, 0.1) is 0 Å². The molecule has 1 aromatic heterocycles. The lowest BCUT2D eigenvalue weighted by molar-refractivity contribution is 0.375. The molecule has 0 aromatic carbocycles. The van der Waals surface area contributed by atoms with Crippen LogP contribution in [0.3, 0.4) is 0 Å². The average Bonchev–Trinajstić information content (AvgIpc) is 2.74. The SMILES string of the molecule is CC(CNC1CCCCC1)Sc1nccn1C. The number of rotatable bonds is 5. The predicted octanol–water partition coefficient (Wildman–Crippen LogP) is 2.82. The fourth-order valence-corrected chi connectivity index (χ4v) is 3.21. The van der Waals surface area contributed by atoms with Crippen LogP contribution in [0.15, 0.2) is 17.6 Å². The molecule has 1 unspecified atom stereocenters. The van der Waals surface area contributed by atoms with Gasteiger partial charge in [0.05, 0.1) is 0 Å². The zero-order valence-corrected chi connectivity index (χ0v) is 11.7. The summed E-state index contributed by atoms with van der Waals surface area (Å²) < 4.78 is 2.09. The minimum Gasteiger partial charge on any atom is -0.329 e. The second kappa shape index (κ2) is 6.45. The molecule has 17 heavy (non-hydrogen) atoms. The van der Waals surface area contributed by atoms with Gasteiger partial charge in [-0.3, -0.25) is 0 Å². The van der Waals surface area contributed by atoms with Gasteiger partial charge in [0.25, 0.3) is 0 Å². The van der Waals surface area contributed by atoms with E-state index in [0.717, 1.165) is 17.7 Å². The van der Waals surface area contributed by atoms with Crippen molar-refractivity contribution in [3.63, 3.8) is 0 Å². The van der Waals surface area contributed by atoms with Gasteiger partial charge in [-0.05, 0) is 12.8 Å². The van der Waals surface area contributed by atoms with E-state index in [-0.39, 0.29) is 0 Å². The number of aromatic nitrogens is 2. The summed E-state index contributed by atoms with van der Waals surface area (Å²) in [6.45, 7) is 3.36. The molecule has 1 heterocycles. The Morgan fingerprint density at radius 2 is 2.24 bits per heavy atom. The van der Waals surface area contributed by atoms with Crippen LogP contribution in [0.2, 0.25) is 0 Å². The molecule has 0 saturated heterocycles. The topological polar surface area (TPSA) is 29.9 Å². The van der Waals surface area contributed by atoms with Gasteiger partial charge in [0.1, 0.15) is 0 Å². The molecule has 4 heteroatoms. The summed E-state index contributed by atoms with van der Waals surface area (Å²) >= 11 is 1.85. The highest BCUT2D eigenvalue weighted by Gasteiger charge is 2.14. The molecular formula is C13H23N3S. The van der Waals surface area contributed by atoms with Gasteiger partial charge in [0, 0.05) is 37.3 Å². The highest BCUT2D eigenvalue weighted by Crippen LogP contribution is 2.21. The van der Waals surface area contributed by atoms with Crippen molar-refractivity contribution in [2.45, 2.75) is 55.5 Å². The summed E-state index contributed by atoms with van der Waals surface area (Å²) in [5.41, 5.74) is 0. The normalized spacial score (nSPS) is 19.4. The highest BCUT2D eigenvalue weighted by molar-refractivity contribution is 7.99. The van der Waals surface area contributed by atoms with Gasteiger partial charge in [-0.25, -0.2) is 4.98 Å². The molecule has 3 nitrogen and oxygen atoms in total. The smallest absolute Gasteiger partial charge is 0.167 e. The maximum Gasteiger partial charge on any atom is 0.167 e. The molecule has 0 bridgehead atoms. The Hall–Kier alpha value is -0.480. The second-order valence-electron chi connectivity index (χ2n) is 4.99. The van der Waals surface area contributed by atoms with Crippen LogP contribution in [-0.2, 0) is 7.05 Å². The molecule has 0 radical (unpaired) electrons. The number of thioether (sulfide) groups is 1. The van der Waals surface area contributed by atoms with Crippen molar-refractivity contribution in [2.75, 3.05) is 6.54 Å². The van der Waals surface area contributed by atoms with E-state index in [2.05, 4.69) is 28.8 Å². The first-order chi connectivity index (χ1) is 8.25. The van der Waals surface area contributed by atoms with Gasteiger partial charge < -0.3 is 9.88 Å².